The molecule has 2 N–H and O–H groups in total. The highest BCUT2D eigenvalue weighted by atomic mass is 16.5. The molecule has 1 atom stereocenters. The van der Waals surface area contributed by atoms with Crippen LogP contribution in [0.15, 0.2) is 29.1 Å². The van der Waals surface area contributed by atoms with Gasteiger partial charge in [0, 0.05) is 26.6 Å². The number of aryl methyl sites for hydroxylation is 2. The monoisotopic (exact) mass is 363 g/mol. The van der Waals surface area contributed by atoms with E-state index in [0.717, 1.165) is 17.5 Å². The van der Waals surface area contributed by atoms with E-state index in [4.69, 9.17) is 4.74 Å². The lowest BCUT2D eigenvalue weighted by atomic mass is 10.0. The summed E-state index contributed by atoms with van der Waals surface area (Å²) in [5.74, 6) is -1.63. The zero-order valence-corrected chi connectivity index (χ0v) is 15.3. The van der Waals surface area contributed by atoms with Gasteiger partial charge in [0.15, 0.2) is 5.54 Å². The van der Waals surface area contributed by atoms with Crippen LogP contribution in [-0.4, -0.2) is 45.4 Å². The van der Waals surface area contributed by atoms with Gasteiger partial charge in [-0.3, -0.25) is 13.9 Å². The first-order chi connectivity index (χ1) is 12.3. The Kier molecular flexibility index (Phi) is 6.20. The summed E-state index contributed by atoms with van der Waals surface area (Å²) in [7, 11) is 1.37. The largest absolute Gasteiger partial charge is 0.479 e. The molecule has 1 unspecified atom stereocenters. The van der Waals surface area contributed by atoms with Crippen molar-refractivity contribution < 1.29 is 19.4 Å². The molecule has 0 spiro atoms. The number of hydrogen-bond acceptors (Lipinski definition) is 4. The van der Waals surface area contributed by atoms with Crippen molar-refractivity contribution in [1.29, 1.82) is 0 Å². The standard InChI is InChI=1S/C18H25N3O5/c1-4-10-20-13-7-5-6-8-14(13)21(17(20)25)11-9-15(22)19-18(2,12-26-3)16(23)24/h5-8H,4,9-12H2,1-3H3,(H,19,22)(H,23,24). The Balaban J connectivity index is 2.19. The van der Waals surface area contributed by atoms with Crippen molar-refractivity contribution in [3.05, 3.63) is 34.7 Å². The lowest BCUT2D eigenvalue weighted by Gasteiger charge is -2.25. The van der Waals surface area contributed by atoms with Crippen LogP contribution in [0, 0.1) is 0 Å². The number of fused-ring (bicyclic) bond motifs is 1. The summed E-state index contributed by atoms with van der Waals surface area (Å²) < 4.78 is 8.13. The normalized spacial score (nSPS) is 13.5. The minimum Gasteiger partial charge on any atom is -0.479 e. The summed E-state index contributed by atoms with van der Waals surface area (Å²) in [6.45, 7) is 4.00. The summed E-state index contributed by atoms with van der Waals surface area (Å²) in [4.78, 5) is 36.3. The molecule has 0 aliphatic rings. The molecule has 0 saturated carbocycles. The van der Waals surface area contributed by atoms with Crippen LogP contribution < -0.4 is 11.0 Å². The topological polar surface area (TPSA) is 103 Å². The highest BCUT2D eigenvalue weighted by molar-refractivity contribution is 5.87. The maximum atomic E-state index is 12.7. The number of benzene rings is 1. The number of carbonyl (C=O) groups is 2. The lowest BCUT2D eigenvalue weighted by Crippen LogP contribution is -2.55. The second-order valence-electron chi connectivity index (χ2n) is 6.44. The number of methoxy groups -OCH3 is 1. The van der Waals surface area contributed by atoms with Gasteiger partial charge in [-0.2, -0.15) is 0 Å². The van der Waals surface area contributed by atoms with Crippen LogP contribution in [0.1, 0.15) is 26.7 Å². The molecule has 142 valence electrons. The van der Waals surface area contributed by atoms with Gasteiger partial charge in [-0.15, -0.1) is 0 Å². The molecule has 0 aliphatic carbocycles. The summed E-state index contributed by atoms with van der Waals surface area (Å²) in [5.41, 5.74) is -0.0857. The van der Waals surface area contributed by atoms with E-state index in [2.05, 4.69) is 5.32 Å². The van der Waals surface area contributed by atoms with Crippen LogP contribution in [0.2, 0.25) is 0 Å². The van der Waals surface area contributed by atoms with Crippen molar-refractivity contribution in [3.8, 4) is 0 Å². The number of imidazole rings is 1. The van der Waals surface area contributed by atoms with Crippen LogP contribution in [0.3, 0.4) is 0 Å². The second kappa shape index (κ2) is 8.18. The fourth-order valence-electron chi connectivity index (χ4n) is 2.95. The van der Waals surface area contributed by atoms with Crippen LogP contribution in [-0.2, 0) is 27.4 Å². The molecule has 8 nitrogen and oxygen atoms in total. The average Bonchev–Trinajstić information content (AvgIpc) is 2.85. The van der Waals surface area contributed by atoms with Crippen LogP contribution >= 0.6 is 0 Å². The van der Waals surface area contributed by atoms with Crippen molar-refractivity contribution in [1.82, 2.24) is 14.5 Å². The summed E-state index contributed by atoms with van der Waals surface area (Å²) in [6, 6.07) is 7.43. The maximum absolute atomic E-state index is 12.7. The van der Waals surface area contributed by atoms with Crippen molar-refractivity contribution in [2.75, 3.05) is 13.7 Å². The SMILES string of the molecule is CCCn1c(=O)n(CCC(=O)NC(C)(COC)C(=O)O)c2ccccc21. The molecule has 1 amide bonds. The molecule has 0 fully saturated rings. The molecule has 8 heteroatoms. The quantitative estimate of drug-likeness (QED) is 0.697. The minimum absolute atomic E-state index is 0.00732. The zero-order chi connectivity index (χ0) is 19.3. The Morgan fingerprint density at radius 2 is 1.77 bits per heavy atom. The third-order valence-electron chi connectivity index (χ3n) is 4.26. The van der Waals surface area contributed by atoms with Gasteiger partial charge in [0.2, 0.25) is 5.91 Å². The van der Waals surface area contributed by atoms with Gasteiger partial charge in [0.1, 0.15) is 0 Å². The lowest BCUT2D eigenvalue weighted by molar-refractivity contribution is -0.149. The molecule has 2 rings (SSSR count). The average molecular weight is 363 g/mol. The van der Waals surface area contributed by atoms with E-state index in [1.807, 2.05) is 31.2 Å². The van der Waals surface area contributed by atoms with Crippen molar-refractivity contribution >= 4 is 22.9 Å². The van der Waals surface area contributed by atoms with E-state index in [1.54, 1.807) is 9.13 Å². The number of para-hydroxylation sites is 2. The highest BCUT2D eigenvalue weighted by Gasteiger charge is 2.34. The van der Waals surface area contributed by atoms with Gasteiger partial charge in [0.25, 0.3) is 0 Å². The second-order valence-corrected chi connectivity index (χ2v) is 6.44. The van der Waals surface area contributed by atoms with E-state index < -0.39 is 17.4 Å². The third-order valence-corrected chi connectivity index (χ3v) is 4.26. The third kappa shape index (κ3) is 3.96. The first-order valence-electron chi connectivity index (χ1n) is 8.55. The number of nitrogens with one attached hydrogen (secondary N) is 1. The Labute approximate surface area is 151 Å². The van der Waals surface area contributed by atoms with Crippen molar-refractivity contribution in [2.24, 2.45) is 0 Å². The van der Waals surface area contributed by atoms with Gasteiger partial charge >= 0.3 is 11.7 Å². The van der Waals surface area contributed by atoms with Crippen LogP contribution in [0.5, 0.6) is 0 Å². The number of carboxylic acid groups (broad SMARTS) is 1. The van der Waals surface area contributed by atoms with Gasteiger partial charge in [-0.1, -0.05) is 19.1 Å². The molecule has 0 radical (unpaired) electrons. The van der Waals surface area contributed by atoms with Crippen molar-refractivity contribution in [2.45, 2.75) is 45.3 Å². The number of hydrogen-bond donors (Lipinski definition) is 2. The number of ether oxygens (including phenoxy) is 1. The van der Waals surface area contributed by atoms with E-state index in [9.17, 15) is 19.5 Å². The predicted molar refractivity (Wildman–Crippen MR) is 97.2 cm³/mol. The molecular formula is C18H25N3O5. The molecule has 0 aliphatic heterocycles. The summed E-state index contributed by atoms with van der Waals surface area (Å²) in [5, 5.41) is 11.8. The summed E-state index contributed by atoms with van der Waals surface area (Å²) >= 11 is 0. The Bertz CT molecular complexity index is 854. The number of aromatic nitrogens is 2. The highest BCUT2D eigenvalue weighted by Crippen LogP contribution is 2.14. The van der Waals surface area contributed by atoms with Crippen LogP contribution in [0.25, 0.3) is 11.0 Å². The number of carboxylic acids is 1. The Morgan fingerprint density at radius 1 is 1.19 bits per heavy atom. The Morgan fingerprint density at radius 3 is 2.27 bits per heavy atom. The predicted octanol–water partition coefficient (Wildman–Crippen LogP) is 1.21. The molecule has 2 aromatic rings. The fraction of sp³-hybridized carbons (Fsp3) is 0.500. The van der Waals surface area contributed by atoms with Gasteiger partial charge in [-0.25, -0.2) is 9.59 Å². The molecule has 1 aromatic carbocycles. The molecular weight excluding hydrogens is 338 g/mol. The summed E-state index contributed by atoms with van der Waals surface area (Å²) in [6.07, 6.45) is 0.814. The first-order valence-corrected chi connectivity index (χ1v) is 8.55. The fourth-order valence-corrected chi connectivity index (χ4v) is 2.95. The number of aliphatic carboxylic acids is 1. The number of carbonyl (C=O) groups excluding carboxylic acids is 1. The van der Waals surface area contributed by atoms with E-state index >= 15 is 0 Å². The van der Waals surface area contributed by atoms with E-state index in [-0.39, 0.29) is 25.3 Å². The van der Waals surface area contributed by atoms with Crippen molar-refractivity contribution in [3.63, 3.8) is 0 Å². The van der Waals surface area contributed by atoms with Crippen LogP contribution in [0.4, 0.5) is 0 Å². The van der Waals surface area contributed by atoms with E-state index in [0.29, 0.717) is 6.54 Å². The zero-order valence-electron chi connectivity index (χ0n) is 15.3. The minimum atomic E-state index is -1.51. The maximum Gasteiger partial charge on any atom is 0.331 e. The Hall–Kier alpha value is -2.61. The molecule has 26 heavy (non-hydrogen) atoms. The first kappa shape index (κ1) is 19.7. The van der Waals surface area contributed by atoms with Gasteiger partial charge in [-0.05, 0) is 25.5 Å². The van der Waals surface area contributed by atoms with E-state index in [1.165, 1.54) is 14.0 Å². The van der Waals surface area contributed by atoms with Gasteiger partial charge < -0.3 is 15.2 Å². The molecule has 1 heterocycles. The molecule has 1 aromatic heterocycles. The van der Waals surface area contributed by atoms with Gasteiger partial charge in [0.05, 0.1) is 17.6 Å². The molecule has 0 bridgehead atoms. The molecule has 0 saturated heterocycles. The number of nitrogens with zero attached hydrogens (tertiary/aromatic N) is 2. The number of rotatable bonds is 9. The number of amides is 1. The smallest absolute Gasteiger partial charge is 0.331 e.